The summed E-state index contributed by atoms with van der Waals surface area (Å²) in [7, 11) is 0. The molecular weight excluding hydrogens is 180 g/mol. The van der Waals surface area contributed by atoms with Gasteiger partial charge in [0.15, 0.2) is 5.84 Å². The molecule has 0 aliphatic heterocycles. The van der Waals surface area contributed by atoms with Crippen molar-refractivity contribution in [3.05, 3.63) is 35.8 Å². The molecule has 0 fully saturated rings. The van der Waals surface area contributed by atoms with E-state index in [1.54, 1.807) is 12.3 Å². The lowest BCUT2D eigenvalue weighted by atomic mass is 10.2. The smallest absolute Gasteiger partial charge is 0.171 e. The van der Waals surface area contributed by atoms with Crippen molar-refractivity contribution < 1.29 is 5.21 Å². The molecule has 2 rings (SSSR count). The zero-order valence-electron chi connectivity index (χ0n) is 7.68. The van der Waals surface area contributed by atoms with Crippen molar-refractivity contribution >= 4 is 11.5 Å². The molecule has 72 valence electrons. The first-order chi connectivity index (χ1) is 6.74. The highest BCUT2D eigenvalue weighted by atomic mass is 16.4. The second-order valence-corrected chi connectivity index (χ2v) is 2.97. The summed E-state index contributed by atoms with van der Waals surface area (Å²) in [5.74, 6) is 0.109. The van der Waals surface area contributed by atoms with Crippen molar-refractivity contribution in [1.82, 2.24) is 9.38 Å². The molecule has 0 aliphatic rings. The van der Waals surface area contributed by atoms with E-state index < -0.39 is 0 Å². The van der Waals surface area contributed by atoms with Gasteiger partial charge in [0.05, 0.1) is 0 Å². The second kappa shape index (κ2) is 3.02. The molecule has 0 saturated carbocycles. The summed E-state index contributed by atoms with van der Waals surface area (Å²) in [6.07, 6.45) is 3.54. The Morgan fingerprint density at radius 1 is 1.57 bits per heavy atom. The van der Waals surface area contributed by atoms with Gasteiger partial charge in [-0.1, -0.05) is 5.16 Å². The molecule has 0 aromatic carbocycles. The standard InChI is InChI=1S/C9H10N4O/c1-6-7(9(10)12-14)2-3-8-11-4-5-13(6)8/h2-5,14H,1H3,(H2,10,12). The van der Waals surface area contributed by atoms with Gasteiger partial charge in [-0.05, 0) is 19.1 Å². The zero-order valence-corrected chi connectivity index (χ0v) is 7.68. The van der Waals surface area contributed by atoms with E-state index in [1.165, 1.54) is 0 Å². The van der Waals surface area contributed by atoms with Crippen molar-refractivity contribution in [2.75, 3.05) is 0 Å². The monoisotopic (exact) mass is 190 g/mol. The number of pyridine rings is 1. The van der Waals surface area contributed by atoms with Crippen molar-refractivity contribution in [2.24, 2.45) is 10.9 Å². The molecule has 0 spiro atoms. The first-order valence-electron chi connectivity index (χ1n) is 4.14. The molecule has 2 aromatic heterocycles. The molecule has 0 aliphatic carbocycles. The highest BCUT2D eigenvalue weighted by Crippen LogP contribution is 2.10. The first-order valence-corrected chi connectivity index (χ1v) is 4.14. The van der Waals surface area contributed by atoms with Gasteiger partial charge in [0.25, 0.3) is 0 Å². The largest absolute Gasteiger partial charge is 0.409 e. The topological polar surface area (TPSA) is 75.9 Å². The van der Waals surface area contributed by atoms with Gasteiger partial charge in [-0.25, -0.2) is 4.98 Å². The Labute approximate surface area is 80.5 Å². The molecule has 14 heavy (non-hydrogen) atoms. The van der Waals surface area contributed by atoms with Crippen LogP contribution in [0.25, 0.3) is 5.65 Å². The Morgan fingerprint density at radius 2 is 2.36 bits per heavy atom. The van der Waals surface area contributed by atoms with Crippen LogP contribution in [0.15, 0.2) is 29.7 Å². The molecular formula is C9H10N4O. The molecule has 0 unspecified atom stereocenters. The van der Waals surface area contributed by atoms with Crippen molar-refractivity contribution in [2.45, 2.75) is 6.92 Å². The van der Waals surface area contributed by atoms with Crippen LogP contribution in [0.3, 0.4) is 0 Å². The van der Waals surface area contributed by atoms with Gasteiger partial charge in [0.1, 0.15) is 5.65 Å². The van der Waals surface area contributed by atoms with Gasteiger partial charge in [0, 0.05) is 23.7 Å². The number of imidazole rings is 1. The van der Waals surface area contributed by atoms with E-state index >= 15 is 0 Å². The Hall–Kier alpha value is -2.04. The third-order valence-electron chi connectivity index (χ3n) is 2.20. The normalized spacial score (nSPS) is 12.2. The van der Waals surface area contributed by atoms with Gasteiger partial charge in [-0.3, -0.25) is 0 Å². The Kier molecular flexibility index (Phi) is 1.85. The van der Waals surface area contributed by atoms with Crippen LogP contribution >= 0.6 is 0 Å². The minimum Gasteiger partial charge on any atom is -0.409 e. The highest BCUT2D eigenvalue weighted by molar-refractivity contribution is 5.98. The molecule has 2 heterocycles. The van der Waals surface area contributed by atoms with Crippen molar-refractivity contribution in [3.63, 3.8) is 0 Å². The summed E-state index contributed by atoms with van der Waals surface area (Å²) in [6.45, 7) is 1.89. The SMILES string of the molecule is Cc1c(/C(N)=N/O)ccc2nccn12. The van der Waals surface area contributed by atoms with E-state index in [0.717, 1.165) is 11.3 Å². The lowest BCUT2D eigenvalue weighted by Crippen LogP contribution is -2.16. The van der Waals surface area contributed by atoms with E-state index in [2.05, 4.69) is 10.1 Å². The number of aromatic nitrogens is 2. The fourth-order valence-corrected chi connectivity index (χ4v) is 1.45. The highest BCUT2D eigenvalue weighted by Gasteiger charge is 2.06. The lowest BCUT2D eigenvalue weighted by Gasteiger charge is -2.05. The molecule has 5 heteroatoms. The summed E-state index contributed by atoms with van der Waals surface area (Å²) in [5.41, 5.74) is 7.97. The Bertz CT molecular complexity index is 500. The second-order valence-electron chi connectivity index (χ2n) is 2.97. The van der Waals surface area contributed by atoms with Crippen LogP contribution in [0.2, 0.25) is 0 Å². The number of rotatable bonds is 1. The van der Waals surface area contributed by atoms with E-state index in [4.69, 9.17) is 10.9 Å². The number of aryl methyl sites for hydroxylation is 1. The molecule has 0 radical (unpaired) electrons. The summed E-state index contributed by atoms with van der Waals surface area (Å²) in [6, 6.07) is 3.60. The fourth-order valence-electron chi connectivity index (χ4n) is 1.45. The molecule has 0 amide bonds. The maximum absolute atomic E-state index is 8.57. The van der Waals surface area contributed by atoms with Crippen LogP contribution in [0.1, 0.15) is 11.3 Å². The summed E-state index contributed by atoms with van der Waals surface area (Å²) in [5, 5.41) is 11.5. The molecule has 0 saturated heterocycles. The third kappa shape index (κ3) is 1.10. The average molecular weight is 190 g/mol. The zero-order chi connectivity index (χ0) is 10.1. The number of nitrogens with two attached hydrogens (primary N) is 1. The van der Waals surface area contributed by atoms with E-state index in [0.29, 0.717) is 5.56 Å². The number of hydrogen-bond acceptors (Lipinski definition) is 3. The maximum atomic E-state index is 8.57. The fraction of sp³-hybridized carbons (Fsp3) is 0.111. The minimum absolute atomic E-state index is 0.109. The number of amidine groups is 1. The number of nitrogens with zero attached hydrogens (tertiary/aromatic N) is 3. The molecule has 0 atom stereocenters. The number of hydrogen-bond donors (Lipinski definition) is 2. The summed E-state index contributed by atoms with van der Waals surface area (Å²) >= 11 is 0. The van der Waals surface area contributed by atoms with E-state index in [9.17, 15) is 0 Å². The Morgan fingerprint density at radius 3 is 3.07 bits per heavy atom. The molecule has 3 N–H and O–H groups in total. The van der Waals surface area contributed by atoms with E-state index in [-0.39, 0.29) is 5.84 Å². The van der Waals surface area contributed by atoms with Crippen LogP contribution in [-0.2, 0) is 0 Å². The summed E-state index contributed by atoms with van der Waals surface area (Å²) in [4.78, 5) is 4.13. The van der Waals surface area contributed by atoms with Crippen LogP contribution in [0.4, 0.5) is 0 Å². The van der Waals surface area contributed by atoms with Crippen LogP contribution in [0.5, 0.6) is 0 Å². The Balaban J connectivity index is 2.74. The van der Waals surface area contributed by atoms with Crippen LogP contribution in [-0.4, -0.2) is 20.4 Å². The minimum atomic E-state index is 0.109. The number of fused-ring (bicyclic) bond motifs is 1. The predicted octanol–water partition coefficient (Wildman–Crippen LogP) is 0.737. The van der Waals surface area contributed by atoms with Crippen LogP contribution in [0, 0.1) is 6.92 Å². The van der Waals surface area contributed by atoms with Crippen molar-refractivity contribution in [3.8, 4) is 0 Å². The first kappa shape index (κ1) is 8.55. The van der Waals surface area contributed by atoms with Gasteiger partial charge in [-0.2, -0.15) is 0 Å². The lowest BCUT2D eigenvalue weighted by molar-refractivity contribution is 0.318. The average Bonchev–Trinajstić information content (AvgIpc) is 2.66. The summed E-state index contributed by atoms with van der Waals surface area (Å²) < 4.78 is 1.88. The van der Waals surface area contributed by atoms with Gasteiger partial charge in [-0.15, -0.1) is 0 Å². The van der Waals surface area contributed by atoms with Gasteiger partial charge >= 0.3 is 0 Å². The molecule has 5 nitrogen and oxygen atoms in total. The quantitative estimate of drug-likeness (QED) is 0.301. The van der Waals surface area contributed by atoms with Gasteiger partial charge < -0.3 is 15.3 Å². The van der Waals surface area contributed by atoms with Crippen LogP contribution < -0.4 is 5.73 Å². The molecule has 2 aromatic rings. The maximum Gasteiger partial charge on any atom is 0.171 e. The predicted molar refractivity (Wildman–Crippen MR) is 52.4 cm³/mol. The van der Waals surface area contributed by atoms with E-state index in [1.807, 2.05) is 23.6 Å². The number of oxime groups is 1. The molecule has 0 bridgehead atoms. The van der Waals surface area contributed by atoms with Crippen molar-refractivity contribution in [1.29, 1.82) is 0 Å². The van der Waals surface area contributed by atoms with Gasteiger partial charge in [0.2, 0.25) is 0 Å². The third-order valence-corrected chi connectivity index (χ3v) is 2.20.